The van der Waals surface area contributed by atoms with Gasteiger partial charge in [0, 0.05) is 32.8 Å². The summed E-state index contributed by atoms with van der Waals surface area (Å²) in [4.78, 5) is 31.6. The van der Waals surface area contributed by atoms with Crippen LogP contribution >= 0.6 is 0 Å². The van der Waals surface area contributed by atoms with Crippen LogP contribution in [0.1, 0.15) is 70.3 Å². The molecule has 2 aliphatic heterocycles. The van der Waals surface area contributed by atoms with Crippen LogP contribution in [0, 0.1) is 5.92 Å². The SMILES string of the molecule is CCCCN1C(=O)[C@H](COCC2CCCCC2)NC(=O)C12CCN(Cc1ccc(Oc3ccccc3)cc1)CC2. The highest BCUT2D eigenvalue weighted by Gasteiger charge is 2.53. The van der Waals surface area contributed by atoms with Crippen molar-refractivity contribution in [3.05, 3.63) is 60.2 Å². The number of ether oxygens (including phenoxy) is 2. The monoisotopic (exact) mass is 547 g/mol. The van der Waals surface area contributed by atoms with Crippen molar-refractivity contribution >= 4 is 11.8 Å². The summed E-state index contributed by atoms with van der Waals surface area (Å²) in [5.74, 6) is 2.24. The Morgan fingerprint density at radius 2 is 1.60 bits per heavy atom. The summed E-state index contributed by atoms with van der Waals surface area (Å²) in [5.41, 5.74) is 0.453. The molecule has 1 N–H and O–H groups in total. The molecule has 2 aromatic rings. The van der Waals surface area contributed by atoms with Crippen molar-refractivity contribution in [1.82, 2.24) is 15.1 Å². The Morgan fingerprint density at radius 3 is 2.30 bits per heavy atom. The second-order valence-corrected chi connectivity index (χ2v) is 11.8. The number of carbonyl (C=O) groups excluding carboxylic acids is 2. The van der Waals surface area contributed by atoms with E-state index in [2.05, 4.69) is 29.3 Å². The molecule has 5 rings (SSSR count). The first-order chi connectivity index (χ1) is 19.6. The third-order valence-corrected chi connectivity index (χ3v) is 8.90. The third-order valence-electron chi connectivity index (χ3n) is 8.90. The molecule has 2 saturated heterocycles. The van der Waals surface area contributed by atoms with Gasteiger partial charge in [-0.1, -0.05) is 62.9 Å². The minimum Gasteiger partial charge on any atom is -0.457 e. The van der Waals surface area contributed by atoms with Gasteiger partial charge in [-0.2, -0.15) is 0 Å². The van der Waals surface area contributed by atoms with Gasteiger partial charge in [0.15, 0.2) is 0 Å². The lowest BCUT2D eigenvalue weighted by Gasteiger charge is -2.51. The number of nitrogens with one attached hydrogen (secondary N) is 1. The molecule has 3 aliphatic rings. The first-order valence-corrected chi connectivity index (χ1v) is 15.3. The fourth-order valence-corrected chi connectivity index (χ4v) is 6.46. The molecular weight excluding hydrogens is 502 g/mol. The summed E-state index contributed by atoms with van der Waals surface area (Å²) in [7, 11) is 0. The van der Waals surface area contributed by atoms with E-state index < -0.39 is 11.6 Å². The molecule has 1 saturated carbocycles. The lowest BCUT2D eigenvalue weighted by Crippen LogP contribution is -2.73. The summed E-state index contributed by atoms with van der Waals surface area (Å²) in [6.07, 6.45) is 9.46. The molecule has 0 bridgehead atoms. The molecule has 1 atom stereocenters. The fraction of sp³-hybridized carbons (Fsp3) is 0.576. The van der Waals surface area contributed by atoms with Crippen LogP contribution in [0.5, 0.6) is 11.5 Å². The van der Waals surface area contributed by atoms with E-state index in [1.807, 2.05) is 47.4 Å². The molecule has 2 amide bonds. The number of piperazine rings is 1. The highest BCUT2D eigenvalue weighted by atomic mass is 16.5. The summed E-state index contributed by atoms with van der Waals surface area (Å²) in [6.45, 7) is 6.08. The van der Waals surface area contributed by atoms with Crippen LogP contribution in [0.3, 0.4) is 0 Å². The van der Waals surface area contributed by atoms with Crippen LogP contribution in [-0.4, -0.2) is 66.0 Å². The maximum absolute atomic E-state index is 13.7. The van der Waals surface area contributed by atoms with Gasteiger partial charge >= 0.3 is 0 Å². The zero-order valence-corrected chi connectivity index (χ0v) is 24.0. The van der Waals surface area contributed by atoms with Gasteiger partial charge in [-0.05, 0) is 67.9 Å². The second kappa shape index (κ2) is 13.6. The topological polar surface area (TPSA) is 71.1 Å². The number of rotatable bonds is 11. The van der Waals surface area contributed by atoms with Crippen molar-refractivity contribution in [3.8, 4) is 11.5 Å². The van der Waals surface area contributed by atoms with Gasteiger partial charge in [0.05, 0.1) is 6.61 Å². The predicted molar refractivity (Wildman–Crippen MR) is 156 cm³/mol. The molecular formula is C33H45N3O4. The van der Waals surface area contributed by atoms with Gasteiger partial charge in [-0.15, -0.1) is 0 Å². The van der Waals surface area contributed by atoms with Crippen molar-refractivity contribution in [3.63, 3.8) is 0 Å². The van der Waals surface area contributed by atoms with Crippen molar-refractivity contribution in [1.29, 1.82) is 0 Å². The summed E-state index contributed by atoms with van der Waals surface area (Å²) in [5, 5.41) is 3.07. The van der Waals surface area contributed by atoms with Gasteiger partial charge in [-0.3, -0.25) is 14.5 Å². The molecule has 7 nitrogen and oxygen atoms in total. The number of hydrogen-bond acceptors (Lipinski definition) is 5. The minimum atomic E-state index is -0.754. The maximum atomic E-state index is 13.7. The maximum Gasteiger partial charge on any atom is 0.248 e. The normalized spacial score (nSPS) is 21.9. The summed E-state index contributed by atoms with van der Waals surface area (Å²) in [6, 6.07) is 17.4. The Kier molecular flexibility index (Phi) is 9.76. The summed E-state index contributed by atoms with van der Waals surface area (Å²) < 4.78 is 11.9. The molecule has 2 aromatic carbocycles. The van der Waals surface area contributed by atoms with Gasteiger partial charge in [0.25, 0.3) is 0 Å². The summed E-state index contributed by atoms with van der Waals surface area (Å²) >= 11 is 0. The van der Waals surface area contributed by atoms with Crippen molar-refractivity contribution in [2.45, 2.75) is 82.8 Å². The van der Waals surface area contributed by atoms with Crippen LogP contribution < -0.4 is 10.1 Å². The van der Waals surface area contributed by atoms with Crippen molar-refractivity contribution < 1.29 is 19.1 Å². The van der Waals surface area contributed by atoms with Crippen LogP contribution in [0.2, 0.25) is 0 Å². The van der Waals surface area contributed by atoms with E-state index in [-0.39, 0.29) is 18.4 Å². The number of carbonyl (C=O) groups is 2. The van der Waals surface area contributed by atoms with E-state index in [0.717, 1.165) is 44.0 Å². The molecule has 216 valence electrons. The number of para-hydroxylation sites is 1. The number of nitrogens with zero attached hydrogens (tertiary/aromatic N) is 2. The van der Waals surface area contributed by atoms with Crippen LogP contribution in [-0.2, 0) is 20.9 Å². The average molecular weight is 548 g/mol. The van der Waals surface area contributed by atoms with E-state index in [9.17, 15) is 9.59 Å². The minimum absolute atomic E-state index is 0.00321. The van der Waals surface area contributed by atoms with E-state index in [1.165, 1.54) is 37.7 Å². The zero-order valence-electron chi connectivity index (χ0n) is 24.0. The lowest BCUT2D eigenvalue weighted by atomic mass is 9.81. The van der Waals surface area contributed by atoms with Crippen LogP contribution in [0.25, 0.3) is 0 Å². The Labute approximate surface area is 239 Å². The molecule has 40 heavy (non-hydrogen) atoms. The van der Waals surface area contributed by atoms with Crippen molar-refractivity contribution in [2.24, 2.45) is 5.92 Å². The third kappa shape index (κ3) is 6.87. The van der Waals surface area contributed by atoms with E-state index >= 15 is 0 Å². The molecule has 0 unspecified atom stereocenters. The smallest absolute Gasteiger partial charge is 0.248 e. The molecule has 0 aromatic heterocycles. The molecule has 2 heterocycles. The molecule has 1 aliphatic carbocycles. The highest BCUT2D eigenvalue weighted by molar-refractivity contribution is 6.00. The number of amides is 2. The highest BCUT2D eigenvalue weighted by Crippen LogP contribution is 2.34. The van der Waals surface area contributed by atoms with E-state index in [4.69, 9.17) is 9.47 Å². The Balaban J connectivity index is 1.16. The molecule has 7 heteroatoms. The first kappa shape index (κ1) is 28.6. The molecule has 0 radical (unpaired) electrons. The van der Waals surface area contributed by atoms with Crippen LogP contribution in [0.15, 0.2) is 54.6 Å². The standard InChI is InChI=1S/C33H45N3O4/c1-2-3-20-36-31(37)30(25-39-24-27-10-6-4-7-11-27)34-32(38)33(36)18-21-35(22-19-33)23-26-14-16-29(17-15-26)40-28-12-8-5-9-13-28/h5,8-9,12-17,27,30H,2-4,6-7,10-11,18-25H2,1H3,(H,34,38)/t30-/m0/s1. The first-order valence-electron chi connectivity index (χ1n) is 15.3. The van der Waals surface area contributed by atoms with E-state index in [0.29, 0.717) is 31.9 Å². The molecule has 1 spiro atoms. The molecule has 3 fully saturated rings. The Morgan fingerprint density at radius 1 is 0.900 bits per heavy atom. The predicted octanol–water partition coefficient (Wildman–Crippen LogP) is 5.54. The van der Waals surface area contributed by atoms with Gasteiger partial charge < -0.3 is 19.7 Å². The lowest BCUT2D eigenvalue weighted by molar-refractivity contribution is -0.163. The van der Waals surface area contributed by atoms with Crippen LogP contribution in [0.4, 0.5) is 0 Å². The number of benzene rings is 2. The fourth-order valence-electron chi connectivity index (χ4n) is 6.46. The van der Waals surface area contributed by atoms with Crippen molar-refractivity contribution in [2.75, 3.05) is 32.8 Å². The van der Waals surface area contributed by atoms with Gasteiger partial charge in [-0.25, -0.2) is 0 Å². The number of hydrogen-bond donors (Lipinski definition) is 1. The van der Waals surface area contributed by atoms with E-state index in [1.54, 1.807) is 0 Å². The largest absolute Gasteiger partial charge is 0.457 e. The number of piperidine rings is 1. The van der Waals surface area contributed by atoms with Gasteiger partial charge in [0.1, 0.15) is 23.1 Å². The number of unbranched alkanes of at least 4 members (excludes halogenated alkanes) is 1. The van der Waals surface area contributed by atoms with Gasteiger partial charge in [0.2, 0.25) is 11.8 Å². The Hall–Kier alpha value is -2.90. The quantitative estimate of drug-likeness (QED) is 0.400. The zero-order chi connectivity index (χ0) is 27.8. The Bertz CT molecular complexity index is 1090. The average Bonchev–Trinajstić information content (AvgIpc) is 2.99. The number of likely N-dealkylation sites (tertiary alicyclic amines) is 1. The second-order valence-electron chi connectivity index (χ2n) is 11.8.